The first-order valence-corrected chi connectivity index (χ1v) is 4.41. The quantitative estimate of drug-likeness (QED) is 0.611. The molecule has 0 aromatic rings. The first-order chi connectivity index (χ1) is 6.13. The molecule has 0 aromatic heterocycles. The van der Waals surface area contributed by atoms with Gasteiger partial charge in [-0.05, 0) is 12.5 Å². The highest BCUT2D eigenvalue weighted by Crippen LogP contribution is 2.15. The van der Waals surface area contributed by atoms with E-state index in [-0.39, 0.29) is 30.2 Å². The van der Waals surface area contributed by atoms with Crippen LogP contribution < -0.4 is 0 Å². The minimum atomic E-state index is -0.186. The van der Waals surface area contributed by atoms with E-state index in [0.717, 1.165) is 6.42 Å². The van der Waals surface area contributed by atoms with Gasteiger partial charge in [0.15, 0.2) is 11.6 Å². The Hall–Kier alpha value is -1.25. The molecular weight excluding hydrogens is 168 g/mol. The number of allylic oxidation sites excluding steroid dienone is 2. The zero-order chi connectivity index (χ0) is 9.84. The van der Waals surface area contributed by atoms with Gasteiger partial charge in [-0.2, -0.15) is 0 Å². The fourth-order valence-corrected chi connectivity index (χ4v) is 1.33. The minimum Gasteiger partial charge on any atom is -0.299 e. The largest absolute Gasteiger partial charge is 0.299 e. The molecule has 13 heavy (non-hydrogen) atoms. The van der Waals surface area contributed by atoms with Gasteiger partial charge in [0.2, 0.25) is 0 Å². The average molecular weight is 180 g/mol. The maximum absolute atomic E-state index is 11.1. The van der Waals surface area contributed by atoms with Gasteiger partial charge in [0, 0.05) is 18.4 Å². The van der Waals surface area contributed by atoms with Crippen molar-refractivity contribution in [2.75, 3.05) is 0 Å². The third-order valence-corrected chi connectivity index (χ3v) is 1.94. The molecule has 1 aliphatic rings. The van der Waals surface area contributed by atoms with Crippen molar-refractivity contribution in [1.29, 1.82) is 0 Å². The molecule has 0 atom stereocenters. The summed E-state index contributed by atoms with van der Waals surface area (Å²) in [4.78, 5) is 33.0. The number of hydrogen-bond donors (Lipinski definition) is 0. The van der Waals surface area contributed by atoms with Crippen molar-refractivity contribution in [3.63, 3.8) is 0 Å². The van der Waals surface area contributed by atoms with Crippen molar-refractivity contribution < 1.29 is 14.4 Å². The summed E-state index contributed by atoms with van der Waals surface area (Å²) in [5.41, 5.74) is 0.392. The smallest absolute Gasteiger partial charge is 0.167 e. The standard InChI is InChI=1S/C10H12O3/c1-2-3-8(11)4-7-5-9(12)6-10(7)13/h5H,2-4,6H2,1H3. The van der Waals surface area contributed by atoms with Crippen LogP contribution in [0.1, 0.15) is 32.6 Å². The summed E-state index contributed by atoms with van der Waals surface area (Å²) in [6.45, 7) is 1.91. The monoisotopic (exact) mass is 180 g/mol. The molecule has 1 rings (SSSR count). The van der Waals surface area contributed by atoms with Gasteiger partial charge >= 0.3 is 0 Å². The van der Waals surface area contributed by atoms with Crippen LogP contribution in [-0.4, -0.2) is 17.3 Å². The topological polar surface area (TPSA) is 51.2 Å². The van der Waals surface area contributed by atoms with Crippen LogP contribution in [0.15, 0.2) is 11.6 Å². The number of rotatable bonds is 4. The molecule has 0 N–H and O–H groups in total. The molecule has 0 radical (unpaired) electrons. The maximum Gasteiger partial charge on any atom is 0.167 e. The van der Waals surface area contributed by atoms with Gasteiger partial charge in [-0.1, -0.05) is 6.92 Å². The van der Waals surface area contributed by atoms with E-state index in [9.17, 15) is 14.4 Å². The normalized spacial score (nSPS) is 16.2. The van der Waals surface area contributed by atoms with Gasteiger partial charge in [0.1, 0.15) is 5.78 Å². The van der Waals surface area contributed by atoms with E-state index in [0.29, 0.717) is 12.0 Å². The Balaban J connectivity index is 2.54. The van der Waals surface area contributed by atoms with Crippen LogP contribution >= 0.6 is 0 Å². The van der Waals surface area contributed by atoms with E-state index < -0.39 is 0 Å². The third kappa shape index (κ3) is 2.61. The van der Waals surface area contributed by atoms with Gasteiger partial charge in [0.25, 0.3) is 0 Å². The van der Waals surface area contributed by atoms with Crippen LogP contribution in [0.5, 0.6) is 0 Å². The summed E-state index contributed by atoms with van der Waals surface area (Å²) in [6.07, 6.45) is 2.66. The number of hydrogen-bond acceptors (Lipinski definition) is 3. The molecule has 70 valence electrons. The molecule has 0 saturated heterocycles. The fourth-order valence-electron chi connectivity index (χ4n) is 1.33. The summed E-state index contributed by atoms with van der Waals surface area (Å²) in [6, 6.07) is 0. The molecule has 0 spiro atoms. The molecule has 0 bridgehead atoms. The van der Waals surface area contributed by atoms with Crippen LogP contribution in [0.25, 0.3) is 0 Å². The first kappa shape index (κ1) is 9.84. The van der Waals surface area contributed by atoms with Gasteiger partial charge in [-0.3, -0.25) is 14.4 Å². The van der Waals surface area contributed by atoms with E-state index in [1.165, 1.54) is 6.08 Å². The number of carbonyl (C=O) groups is 3. The van der Waals surface area contributed by atoms with Crippen LogP contribution in [0.4, 0.5) is 0 Å². The van der Waals surface area contributed by atoms with E-state index in [1.807, 2.05) is 6.92 Å². The second kappa shape index (κ2) is 4.12. The first-order valence-electron chi connectivity index (χ1n) is 4.41. The Morgan fingerprint density at radius 3 is 2.62 bits per heavy atom. The van der Waals surface area contributed by atoms with E-state index >= 15 is 0 Å². The lowest BCUT2D eigenvalue weighted by molar-refractivity contribution is -0.123. The van der Waals surface area contributed by atoms with Crippen molar-refractivity contribution in [1.82, 2.24) is 0 Å². The van der Waals surface area contributed by atoms with Crippen LogP contribution in [0.2, 0.25) is 0 Å². The molecule has 3 heteroatoms. The number of Topliss-reactive ketones (excluding diaryl/α,β-unsaturated/α-hetero) is 2. The van der Waals surface area contributed by atoms with Gasteiger partial charge in [0.05, 0.1) is 6.42 Å². The molecule has 0 aliphatic heterocycles. The zero-order valence-electron chi connectivity index (χ0n) is 7.63. The second-order valence-electron chi connectivity index (χ2n) is 3.20. The Kier molecular flexibility index (Phi) is 3.12. The van der Waals surface area contributed by atoms with E-state index in [2.05, 4.69) is 0 Å². The van der Waals surface area contributed by atoms with Crippen molar-refractivity contribution in [2.45, 2.75) is 32.6 Å². The molecule has 0 amide bonds. The maximum atomic E-state index is 11.1. The Labute approximate surface area is 76.8 Å². The third-order valence-electron chi connectivity index (χ3n) is 1.94. The number of carbonyl (C=O) groups excluding carboxylic acids is 3. The van der Waals surface area contributed by atoms with Crippen LogP contribution in [0.3, 0.4) is 0 Å². The Morgan fingerprint density at radius 1 is 1.46 bits per heavy atom. The second-order valence-corrected chi connectivity index (χ2v) is 3.20. The average Bonchev–Trinajstić information content (AvgIpc) is 2.30. The molecule has 1 aliphatic carbocycles. The Morgan fingerprint density at radius 2 is 2.15 bits per heavy atom. The van der Waals surface area contributed by atoms with Crippen LogP contribution in [0, 0.1) is 0 Å². The van der Waals surface area contributed by atoms with Crippen molar-refractivity contribution >= 4 is 17.3 Å². The van der Waals surface area contributed by atoms with Crippen molar-refractivity contribution in [3.8, 4) is 0 Å². The predicted molar refractivity (Wildman–Crippen MR) is 47.2 cm³/mol. The zero-order valence-corrected chi connectivity index (χ0v) is 7.63. The van der Waals surface area contributed by atoms with Gasteiger partial charge in [-0.25, -0.2) is 0 Å². The summed E-state index contributed by atoms with van der Waals surface area (Å²) in [7, 11) is 0. The van der Waals surface area contributed by atoms with Crippen LogP contribution in [-0.2, 0) is 14.4 Å². The summed E-state index contributed by atoms with van der Waals surface area (Å²) in [5.74, 6) is -0.324. The lowest BCUT2D eigenvalue weighted by atomic mass is 10.1. The van der Waals surface area contributed by atoms with Gasteiger partial charge in [-0.15, -0.1) is 0 Å². The molecule has 0 unspecified atom stereocenters. The molecule has 3 nitrogen and oxygen atoms in total. The van der Waals surface area contributed by atoms with Gasteiger partial charge < -0.3 is 0 Å². The fraction of sp³-hybridized carbons (Fsp3) is 0.500. The lowest BCUT2D eigenvalue weighted by Gasteiger charge is -1.97. The molecule has 0 heterocycles. The number of ketones is 3. The van der Waals surface area contributed by atoms with Crippen molar-refractivity contribution in [3.05, 3.63) is 11.6 Å². The predicted octanol–water partition coefficient (Wildman–Crippen LogP) is 1.21. The van der Waals surface area contributed by atoms with E-state index in [4.69, 9.17) is 0 Å². The summed E-state index contributed by atoms with van der Waals surface area (Å²) < 4.78 is 0. The molecular formula is C10H12O3. The minimum absolute atomic E-state index is 0.0387. The lowest BCUT2D eigenvalue weighted by Crippen LogP contribution is -2.04. The summed E-state index contributed by atoms with van der Waals surface area (Å²) in [5, 5.41) is 0. The SMILES string of the molecule is CCCC(=O)CC1=CC(=O)CC1=O. The van der Waals surface area contributed by atoms with E-state index in [1.54, 1.807) is 0 Å². The summed E-state index contributed by atoms with van der Waals surface area (Å²) >= 11 is 0. The molecule has 0 fully saturated rings. The highest BCUT2D eigenvalue weighted by atomic mass is 16.2. The molecule has 0 saturated carbocycles. The van der Waals surface area contributed by atoms with Crippen molar-refractivity contribution in [2.24, 2.45) is 0 Å². The Bertz CT molecular complexity index is 287. The molecule has 0 aromatic carbocycles. The highest BCUT2D eigenvalue weighted by Gasteiger charge is 2.22. The highest BCUT2D eigenvalue weighted by molar-refractivity contribution is 6.20.